The molecule has 4 nitrogen and oxygen atoms in total. The van der Waals surface area contributed by atoms with Gasteiger partial charge < -0.3 is 19.3 Å². The lowest BCUT2D eigenvalue weighted by atomic mass is 9.84. The lowest BCUT2D eigenvalue weighted by Crippen LogP contribution is -2.14. The standard InChI is InChI=1S/C14H21O4P/c1-10(19(15)16)9-14(2,3)11-6-7-12(17-4)13(8-11)18-5/h6-9,15-16H,1-5H3/b10-9-. The van der Waals surface area contributed by atoms with Crippen LogP contribution in [-0.2, 0) is 5.41 Å². The highest BCUT2D eigenvalue weighted by atomic mass is 31.2. The van der Waals surface area contributed by atoms with E-state index in [0.29, 0.717) is 16.8 Å². The molecule has 0 amide bonds. The number of ether oxygens (including phenoxy) is 2. The van der Waals surface area contributed by atoms with Crippen molar-refractivity contribution in [2.75, 3.05) is 14.2 Å². The van der Waals surface area contributed by atoms with Gasteiger partial charge in [0.15, 0.2) is 19.9 Å². The number of allylic oxidation sites excluding steroid dienone is 2. The first kappa shape index (κ1) is 16.0. The highest BCUT2D eigenvalue weighted by molar-refractivity contribution is 7.49. The molecule has 1 aromatic rings. The highest BCUT2D eigenvalue weighted by Gasteiger charge is 2.21. The molecular formula is C14H21O4P. The lowest BCUT2D eigenvalue weighted by molar-refractivity contribution is 0.354. The van der Waals surface area contributed by atoms with Crippen molar-refractivity contribution < 1.29 is 19.3 Å². The number of methoxy groups -OCH3 is 2. The molecule has 1 rings (SSSR count). The number of hydrogen-bond acceptors (Lipinski definition) is 4. The van der Waals surface area contributed by atoms with Gasteiger partial charge in [0.1, 0.15) is 0 Å². The van der Waals surface area contributed by atoms with Crippen LogP contribution in [-0.4, -0.2) is 24.0 Å². The van der Waals surface area contributed by atoms with Gasteiger partial charge in [0, 0.05) is 10.7 Å². The molecule has 0 spiro atoms. The summed E-state index contributed by atoms with van der Waals surface area (Å²) in [4.78, 5) is 18.4. The summed E-state index contributed by atoms with van der Waals surface area (Å²) in [5, 5.41) is 0.579. The molecule has 0 saturated heterocycles. The lowest BCUT2D eigenvalue weighted by Gasteiger charge is -2.23. The SMILES string of the molecule is COc1ccc(C(C)(C)/C=C(/C)P(O)O)cc1OC. The van der Waals surface area contributed by atoms with Crippen LogP contribution in [0.1, 0.15) is 26.3 Å². The molecule has 5 heteroatoms. The summed E-state index contributed by atoms with van der Waals surface area (Å²) in [5.74, 6) is 1.34. The van der Waals surface area contributed by atoms with Crippen LogP contribution in [0.2, 0.25) is 0 Å². The molecule has 0 fully saturated rings. The van der Waals surface area contributed by atoms with Gasteiger partial charge in [-0.15, -0.1) is 0 Å². The van der Waals surface area contributed by atoms with Gasteiger partial charge in [-0.1, -0.05) is 26.0 Å². The van der Waals surface area contributed by atoms with E-state index in [1.165, 1.54) is 0 Å². The Morgan fingerprint density at radius 1 is 1.16 bits per heavy atom. The first-order chi connectivity index (χ1) is 8.81. The quantitative estimate of drug-likeness (QED) is 0.815. The van der Waals surface area contributed by atoms with Gasteiger partial charge in [-0.3, -0.25) is 0 Å². The monoisotopic (exact) mass is 284 g/mol. The zero-order valence-corrected chi connectivity index (χ0v) is 12.9. The molecule has 0 heterocycles. The van der Waals surface area contributed by atoms with Crippen molar-refractivity contribution in [1.29, 1.82) is 0 Å². The van der Waals surface area contributed by atoms with E-state index in [-0.39, 0.29) is 5.41 Å². The summed E-state index contributed by atoms with van der Waals surface area (Å²) in [6.45, 7) is 5.74. The van der Waals surface area contributed by atoms with Crippen molar-refractivity contribution in [3.8, 4) is 11.5 Å². The van der Waals surface area contributed by atoms with E-state index < -0.39 is 8.38 Å². The minimum absolute atomic E-state index is 0.324. The smallest absolute Gasteiger partial charge is 0.194 e. The summed E-state index contributed by atoms with van der Waals surface area (Å²) in [6, 6.07) is 5.70. The van der Waals surface area contributed by atoms with Gasteiger partial charge in [-0.25, -0.2) is 0 Å². The first-order valence-corrected chi connectivity index (χ1v) is 7.16. The van der Waals surface area contributed by atoms with Crippen molar-refractivity contribution in [1.82, 2.24) is 0 Å². The molecule has 0 unspecified atom stereocenters. The van der Waals surface area contributed by atoms with Crippen molar-refractivity contribution in [2.45, 2.75) is 26.2 Å². The third kappa shape index (κ3) is 3.93. The predicted molar refractivity (Wildman–Crippen MR) is 77.7 cm³/mol. The molecule has 106 valence electrons. The molecule has 0 aliphatic heterocycles. The molecule has 0 aliphatic rings. The van der Waals surface area contributed by atoms with Crippen LogP contribution in [0.5, 0.6) is 11.5 Å². The molecule has 0 aromatic heterocycles. The van der Waals surface area contributed by atoms with Gasteiger partial charge in [-0.2, -0.15) is 0 Å². The van der Waals surface area contributed by atoms with Crippen LogP contribution >= 0.6 is 8.38 Å². The summed E-state index contributed by atoms with van der Waals surface area (Å²) in [7, 11) is 1.16. The van der Waals surface area contributed by atoms with Gasteiger partial charge in [0.05, 0.1) is 14.2 Å². The van der Waals surface area contributed by atoms with E-state index in [4.69, 9.17) is 9.47 Å². The van der Waals surface area contributed by atoms with Gasteiger partial charge >= 0.3 is 0 Å². The Bertz CT molecular complexity index is 467. The Morgan fingerprint density at radius 2 is 1.74 bits per heavy atom. The molecule has 0 saturated carbocycles. The molecule has 0 bridgehead atoms. The van der Waals surface area contributed by atoms with Gasteiger partial charge in [0.25, 0.3) is 0 Å². The molecule has 0 atom stereocenters. The van der Waals surface area contributed by atoms with Gasteiger partial charge in [-0.05, 0) is 24.6 Å². The second-order valence-corrected chi connectivity index (χ2v) is 6.15. The van der Waals surface area contributed by atoms with Crippen molar-refractivity contribution in [3.05, 3.63) is 35.2 Å². The van der Waals surface area contributed by atoms with E-state index >= 15 is 0 Å². The summed E-state index contributed by atoms with van der Waals surface area (Å²) in [6.07, 6.45) is 1.86. The largest absolute Gasteiger partial charge is 0.493 e. The summed E-state index contributed by atoms with van der Waals surface area (Å²) in [5.41, 5.74) is 0.691. The van der Waals surface area contributed by atoms with E-state index in [2.05, 4.69) is 0 Å². The number of hydrogen-bond donors (Lipinski definition) is 2. The highest BCUT2D eigenvalue weighted by Crippen LogP contribution is 2.40. The molecule has 2 N–H and O–H groups in total. The molecule has 1 aromatic carbocycles. The van der Waals surface area contributed by atoms with Crippen molar-refractivity contribution >= 4 is 8.38 Å². The Hall–Kier alpha value is -1.09. The van der Waals surface area contributed by atoms with Crippen LogP contribution in [0, 0.1) is 0 Å². The average molecular weight is 284 g/mol. The zero-order valence-electron chi connectivity index (χ0n) is 12.0. The second-order valence-electron chi connectivity index (χ2n) is 4.87. The Balaban J connectivity index is 3.18. The van der Waals surface area contributed by atoms with Crippen molar-refractivity contribution in [2.24, 2.45) is 0 Å². The fourth-order valence-corrected chi connectivity index (χ4v) is 2.34. The van der Waals surface area contributed by atoms with E-state index in [1.54, 1.807) is 21.1 Å². The summed E-state index contributed by atoms with van der Waals surface area (Å²) < 4.78 is 10.5. The van der Waals surface area contributed by atoms with Gasteiger partial charge in [0.2, 0.25) is 0 Å². The minimum atomic E-state index is -2.03. The predicted octanol–water partition coefficient (Wildman–Crippen LogP) is 3.18. The maximum atomic E-state index is 9.22. The van der Waals surface area contributed by atoms with Crippen molar-refractivity contribution in [3.63, 3.8) is 0 Å². The fourth-order valence-electron chi connectivity index (χ4n) is 1.90. The maximum Gasteiger partial charge on any atom is 0.194 e. The van der Waals surface area contributed by atoms with E-state index in [1.807, 2.05) is 38.1 Å². The third-order valence-electron chi connectivity index (χ3n) is 3.01. The Kier molecular flexibility index (Phi) is 5.36. The van der Waals surface area contributed by atoms with Crippen LogP contribution in [0.3, 0.4) is 0 Å². The normalized spacial score (nSPS) is 12.7. The van der Waals surface area contributed by atoms with E-state index in [0.717, 1.165) is 5.56 Å². The first-order valence-electron chi connectivity index (χ1n) is 5.91. The number of benzene rings is 1. The maximum absolute atomic E-state index is 9.22. The van der Waals surface area contributed by atoms with Crippen LogP contribution in [0.4, 0.5) is 0 Å². The topological polar surface area (TPSA) is 58.9 Å². The molecule has 0 aliphatic carbocycles. The third-order valence-corrected chi connectivity index (χ3v) is 3.77. The molecule has 0 radical (unpaired) electrons. The molecule has 19 heavy (non-hydrogen) atoms. The zero-order chi connectivity index (χ0) is 14.6. The minimum Gasteiger partial charge on any atom is -0.493 e. The Labute approximate surface area is 115 Å². The number of rotatable bonds is 5. The fraction of sp³-hybridized carbons (Fsp3) is 0.429. The summed E-state index contributed by atoms with van der Waals surface area (Å²) >= 11 is 0. The molecular weight excluding hydrogens is 263 g/mol. The van der Waals surface area contributed by atoms with Crippen LogP contribution in [0.25, 0.3) is 0 Å². The Morgan fingerprint density at radius 3 is 2.21 bits per heavy atom. The average Bonchev–Trinajstić information content (AvgIpc) is 2.37. The van der Waals surface area contributed by atoms with Crippen LogP contribution in [0.15, 0.2) is 29.6 Å². The van der Waals surface area contributed by atoms with Crippen LogP contribution < -0.4 is 9.47 Å². The van der Waals surface area contributed by atoms with E-state index in [9.17, 15) is 9.79 Å². The second kappa shape index (κ2) is 6.38.